The Balaban J connectivity index is 1.22. The maximum atomic E-state index is 12.9. The molecule has 6 rings (SSSR count). The van der Waals surface area contributed by atoms with E-state index in [1.165, 1.54) is 0 Å². The fraction of sp³-hybridized carbons (Fsp3) is 0.400. The zero-order valence-electron chi connectivity index (χ0n) is 19.6. The van der Waals surface area contributed by atoms with E-state index in [0.29, 0.717) is 54.7 Å². The third-order valence-electron chi connectivity index (χ3n) is 7.05. The molecule has 0 saturated carbocycles. The van der Waals surface area contributed by atoms with Crippen LogP contribution in [0.15, 0.2) is 41.3 Å². The Morgan fingerprint density at radius 2 is 1.72 bits per heavy atom. The molecule has 0 bridgehead atoms. The number of nitrogens with zero attached hydrogens (tertiary/aromatic N) is 5. The van der Waals surface area contributed by atoms with Gasteiger partial charge in [-0.2, -0.15) is 4.98 Å². The van der Waals surface area contributed by atoms with E-state index in [-0.39, 0.29) is 11.1 Å². The van der Waals surface area contributed by atoms with Crippen LogP contribution in [0.2, 0.25) is 0 Å². The molecule has 4 fully saturated rings. The second-order valence-electron chi connectivity index (χ2n) is 9.40. The minimum Gasteiger partial charge on any atom is -0.378 e. The van der Waals surface area contributed by atoms with Gasteiger partial charge in [0.2, 0.25) is 5.95 Å². The van der Waals surface area contributed by atoms with E-state index < -0.39 is 5.91 Å². The highest BCUT2D eigenvalue weighted by Crippen LogP contribution is 2.35. The minimum absolute atomic E-state index is 0.0814. The number of hydrogen-bond acceptors (Lipinski definition) is 9. The number of aromatic nitrogens is 2. The molecule has 1 N–H and O–H groups in total. The van der Waals surface area contributed by atoms with Crippen molar-refractivity contribution in [3.63, 3.8) is 0 Å². The molecule has 5 heterocycles. The molecule has 186 valence electrons. The van der Waals surface area contributed by atoms with Gasteiger partial charge in [0.15, 0.2) is 0 Å². The molecule has 1 aromatic carbocycles. The largest absolute Gasteiger partial charge is 0.378 e. The summed E-state index contributed by atoms with van der Waals surface area (Å²) in [5.74, 6) is 1.77. The van der Waals surface area contributed by atoms with Crippen LogP contribution >= 0.6 is 11.8 Å². The molecule has 4 saturated heterocycles. The van der Waals surface area contributed by atoms with Crippen LogP contribution in [0.4, 0.5) is 16.6 Å². The van der Waals surface area contributed by atoms with Crippen molar-refractivity contribution in [2.45, 2.75) is 0 Å². The number of thioether (sulfide) groups is 1. The maximum Gasteiger partial charge on any atom is 0.290 e. The van der Waals surface area contributed by atoms with E-state index >= 15 is 0 Å². The monoisotopic (exact) mass is 506 g/mol. The number of ether oxygens (including phenoxy) is 1. The summed E-state index contributed by atoms with van der Waals surface area (Å²) in [5.41, 5.74) is 1.31. The lowest BCUT2D eigenvalue weighted by atomic mass is 10.0. The highest BCUT2D eigenvalue weighted by Gasteiger charge is 2.42. The summed E-state index contributed by atoms with van der Waals surface area (Å²) in [4.78, 5) is 52.9. The molecule has 1 aromatic heterocycles. The van der Waals surface area contributed by atoms with Gasteiger partial charge in [0.25, 0.3) is 17.1 Å². The van der Waals surface area contributed by atoms with Crippen LogP contribution in [0, 0.1) is 11.8 Å². The van der Waals surface area contributed by atoms with Crippen LogP contribution in [-0.4, -0.2) is 84.4 Å². The second-order valence-corrected chi connectivity index (χ2v) is 10.4. The first-order chi connectivity index (χ1) is 17.5. The van der Waals surface area contributed by atoms with Gasteiger partial charge in [0.1, 0.15) is 5.82 Å². The Labute approximate surface area is 212 Å². The minimum atomic E-state index is -0.406. The quantitative estimate of drug-likeness (QED) is 0.622. The molecule has 2 atom stereocenters. The van der Waals surface area contributed by atoms with E-state index in [1.54, 1.807) is 6.08 Å². The van der Waals surface area contributed by atoms with Crippen LogP contribution in [0.3, 0.4) is 0 Å². The molecule has 2 unspecified atom stereocenters. The summed E-state index contributed by atoms with van der Waals surface area (Å²) >= 11 is 0.879. The lowest BCUT2D eigenvalue weighted by molar-refractivity contribution is -0.115. The highest BCUT2D eigenvalue weighted by atomic mass is 32.2. The number of carbonyl (C=O) groups is 3. The molecular weight excluding hydrogens is 480 g/mol. The number of morpholine rings is 1. The highest BCUT2D eigenvalue weighted by molar-refractivity contribution is 8.18. The molecule has 0 aliphatic carbocycles. The number of rotatable bonds is 4. The molecule has 4 aliphatic heterocycles. The Hall–Kier alpha value is -3.44. The topological polar surface area (TPSA) is 108 Å². The number of benzene rings is 1. The molecule has 4 aliphatic rings. The zero-order chi connectivity index (χ0) is 24.6. The van der Waals surface area contributed by atoms with Crippen molar-refractivity contribution >= 4 is 46.7 Å². The number of carbonyl (C=O) groups excluding carboxylic acids is 3. The van der Waals surface area contributed by atoms with Crippen molar-refractivity contribution in [1.29, 1.82) is 0 Å². The fourth-order valence-electron chi connectivity index (χ4n) is 5.25. The SMILES string of the molecule is O=C1NC(=O)C(=Cc2cc(N3CCOCC3)nc(N3CC4CN(C(=O)c5ccccc5)CC4C3)n2)S1. The van der Waals surface area contributed by atoms with Gasteiger partial charge >= 0.3 is 0 Å². The number of hydrogen-bond donors (Lipinski definition) is 1. The van der Waals surface area contributed by atoms with E-state index in [1.807, 2.05) is 41.3 Å². The fourth-order valence-corrected chi connectivity index (χ4v) is 5.92. The van der Waals surface area contributed by atoms with Gasteiger partial charge in [-0.15, -0.1) is 0 Å². The van der Waals surface area contributed by atoms with Crippen LogP contribution in [0.1, 0.15) is 16.1 Å². The van der Waals surface area contributed by atoms with Gasteiger partial charge in [-0.1, -0.05) is 18.2 Å². The normalized spacial score (nSPS) is 25.0. The van der Waals surface area contributed by atoms with Crippen LogP contribution in [-0.2, 0) is 9.53 Å². The first-order valence-electron chi connectivity index (χ1n) is 12.1. The van der Waals surface area contributed by atoms with Crippen molar-refractivity contribution in [1.82, 2.24) is 20.2 Å². The summed E-state index contributed by atoms with van der Waals surface area (Å²) in [7, 11) is 0. The van der Waals surface area contributed by atoms with Gasteiger partial charge < -0.3 is 19.4 Å². The third kappa shape index (κ3) is 4.56. The average molecular weight is 507 g/mol. The summed E-state index contributed by atoms with van der Waals surface area (Å²) < 4.78 is 5.49. The average Bonchev–Trinajstić information content (AvgIpc) is 3.57. The summed E-state index contributed by atoms with van der Waals surface area (Å²) in [6.45, 7) is 5.66. The second kappa shape index (κ2) is 9.55. The standard InChI is InChI=1S/C25H26N6O4S/c32-22-20(36-25(34)28-22)10-19-11-21(29-6-8-35-9-7-29)27-24(26-19)31-14-17-12-30(13-18(17)15-31)23(33)16-4-2-1-3-5-16/h1-5,10-11,17-18H,6-9,12-15H2,(H,28,32,34). The van der Waals surface area contributed by atoms with Crippen LogP contribution in [0.25, 0.3) is 6.08 Å². The third-order valence-corrected chi connectivity index (χ3v) is 7.86. The zero-order valence-corrected chi connectivity index (χ0v) is 20.4. The first-order valence-corrected chi connectivity index (χ1v) is 12.9. The molecule has 11 heteroatoms. The van der Waals surface area contributed by atoms with E-state index in [2.05, 4.69) is 15.1 Å². The summed E-state index contributed by atoms with van der Waals surface area (Å²) in [5, 5.41) is 1.91. The van der Waals surface area contributed by atoms with E-state index in [9.17, 15) is 14.4 Å². The number of likely N-dealkylation sites (tertiary alicyclic amines) is 1. The summed E-state index contributed by atoms with van der Waals surface area (Å²) in [6.07, 6.45) is 1.65. The molecule has 3 amide bonds. The Morgan fingerprint density at radius 3 is 2.39 bits per heavy atom. The smallest absolute Gasteiger partial charge is 0.290 e. The van der Waals surface area contributed by atoms with Crippen molar-refractivity contribution in [3.8, 4) is 0 Å². The van der Waals surface area contributed by atoms with Crippen LogP contribution < -0.4 is 15.1 Å². The first kappa shape index (κ1) is 23.0. The van der Waals surface area contributed by atoms with Crippen molar-refractivity contribution in [3.05, 3.63) is 52.6 Å². The molecule has 2 aromatic rings. The Kier molecular flexibility index (Phi) is 6.10. The van der Waals surface area contributed by atoms with Gasteiger partial charge in [-0.25, -0.2) is 4.98 Å². The number of fused-ring (bicyclic) bond motifs is 1. The van der Waals surface area contributed by atoms with E-state index in [4.69, 9.17) is 14.7 Å². The Morgan fingerprint density at radius 1 is 1.00 bits per heavy atom. The molecule has 36 heavy (non-hydrogen) atoms. The van der Waals surface area contributed by atoms with Gasteiger partial charge in [-0.3, -0.25) is 19.7 Å². The van der Waals surface area contributed by atoms with Crippen molar-refractivity contribution in [2.75, 3.05) is 62.3 Å². The number of nitrogens with one attached hydrogen (secondary N) is 1. The number of amides is 3. The lowest BCUT2D eigenvalue weighted by Crippen LogP contribution is -2.37. The predicted octanol–water partition coefficient (Wildman–Crippen LogP) is 1.85. The lowest BCUT2D eigenvalue weighted by Gasteiger charge is -2.29. The maximum absolute atomic E-state index is 12.9. The molecule has 10 nitrogen and oxygen atoms in total. The van der Waals surface area contributed by atoms with Gasteiger partial charge in [-0.05, 0) is 30.0 Å². The Bertz CT molecular complexity index is 1220. The molecule has 0 spiro atoms. The van der Waals surface area contributed by atoms with Gasteiger partial charge in [0, 0.05) is 62.7 Å². The number of imide groups is 1. The van der Waals surface area contributed by atoms with E-state index in [0.717, 1.165) is 49.3 Å². The van der Waals surface area contributed by atoms with Crippen LogP contribution in [0.5, 0.6) is 0 Å². The summed E-state index contributed by atoms with van der Waals surface area (Å²) in [6, 6.07) is 11.3. The van der Waals surface area contributed by atoms with Crippen molar-refractivity contribution < 1.29 is 19.1 Å². The number of anilines is 2. The predicted molar refractivity (Wildman–Crippen MR) is 136 cm³/mol. The molecular formula is C25H26N6O4S. The van der Waals surface area contributed by atoms with Gasteiger partial charge in [0.05, 0.1) is 23.8 Å². The van der Waals surface area contributed by atoms with Crippen molar-refractivity contribution in [2.24, 2.45) is 11.8 Å². The molecule has 0 radical (unpaired) electrons.